The molecule has 1 aromatic rings. The van der Waals surface area contributed by atoms with Gasteiger partial charge in [-0.2, -0.15) is 0 Å². The van der Waals surface area contributed by atoms with Crippen LogP contribution < -0.4 is 11.1 Å². The molecule has 0 amide bonds. The first-order valence-electron chi connectivity index (χ1n) is 6.86. The summed E-state index contributed by atoms with van der Waals surface area (Å²) < 4.78 is 0. The van der Waals surface area contributed by atoms with Crippen molar-refractivity contribution in [1.82, 2.24) is 4.98 Å². The van der Waals surface area contributed by atoms with Crippen molar-refractivity contribution in [1.29, 1.82) is 0 Å². The molecule has 2 rings (SSSR count). The molecule has 1 aromatic heterocycles. The van der Waals surface area contributed by atoms with E-state index in [0.29, 0.717) is 24.2 Å². The molecule has 1 heterocycles. The molecule has 0 unspecified atom stereocenters. The van der Waals surface area contributed by atoms with E-state index in [4.69, 9.17) is 10.8 Å². The van der Waals surface area contributed by atoms with Gasteiger partial charge >= 0.3 is 5.97 Å². The summed E-state index contributed by atoms with van der Waals surface area (Å²) in [7, 11) is 0. The number of aliphatic imine (C=N–C) groups is 1. The number of anilines is 1. The van der Waals surface area contributed by atoms with Crippen molar-refractivity contribution in [3.05, 3.63) is 24.4 Å². The van der Waals surface area contributed by atoms with Crippen molar-refractivity contribution in [2.24, 2.45) is 22.6 Å². The number of carboxylic acid groups (broad SMARTS) is 1. The molecule has 6 heteroatoms. The van der Waals surface area contributed by atoms with E-state index in [9.17, 15) is 4.79 Å². The number of nitrogens with one attached hydrogen (secondary N) is 1. The summed E-state index contributed by atoms with van der Waals surface area (Å²) >= 11 is 0. The van der Waals surface area contributed by atoms with Crippen LogP contribution in [0.3, 0.4) is 0 Å². The number of hydrogen-bond donors (Lipinski definition) is 3. The average Bonchev–Trinajstić information content (AvgIpc) is 2.46. The SMILES string of the molecule is NC(=NCC1CCC(C(=O)O)CC1)Nc1ccccn1. The molecule has 108 valence electrons. The van der Waals surface area contributed by atoms with Crippen LogP contribution in [0.5, 0.6) is 0 Å². The third kappa shape index (κ3) is 4.22. The molecule has 0 spiro atoms. The molecule has 1 fully saturated rings. The lowest BCUT2D eigenvalue weighted by molar-refractivity contribution is -0.143. The molecule has 4 N–H and O–H groups in total. The Hall–Kier alpha value is -2.11. The molecule has 1 saturated carbocycles. The van der Waals surface area contributed by atoms with Crippen LogP contribution in [0.25, 0.3) is 0 Å². The molecular formula is C14H20N4O2. The maximum Gasteiger partial charge on any atom is 0.306 e. The number of pyridine rings is 1. The van der Waals surface area contributed by atoms with E-state index in [1.54, 1.807) is 6.20 Å². The first-order chi connectivity index (χ1) is 9.65. The number of rotatable bonds is 4. The standard InChI is InChI=1S/C14H20N4O2/c15-14(18-12-3-1-2-8-16-12)17-9-10-4-6-11(7-5-10)13(19)20/h1-3,8,10-11H,4-7,9H2,(H,19,20)(H3,15,16,17,18). The molecule has 1 aliphatic rings. The number of guanidine groups is 1. The summed E-state index contributed by atoms with van der Waals surface area (Å²) in [4.78, 5) is 19.3. The van der Waals surface area contributed by atoms with Crippen LogP contribution in [0.4, 0.5) is 5.82 Å². The van der Waals surface area contributed by atoms with Crippen LogP contribution in [0.2, 0.25) is 0 Å². The van der Waals surface area contributed by atoms with Crippen LogP contribution >= 0.6 is 0 Å². The third-order valence-electron chi connectivity index (χ3n) is 3.64. The number of nitrogens with two attached hydrogens (primary N) is 1. The van der Waals surface area contributed by atoms with E-state index in [1.165, 1.54) is 0 Å². The summed E-state index contributed by atoms with van der Waals surface area (Å²) in [6.07, 6.45) is 4.96. The third-order valence-corrected chi connectivity index (χ3v) is 3.64. The van der Waals surface area contributed by atoms with E-state index >= 15 is 0 Å². The minimum atomic E-state index is -0.678. The second-order valence-electron chi connectivity index (χ2n) is 5.12. The average molecular weight is 276 g/mol. The second kappa shape index (κ2) is 6.88. The molecule has 0 saturated heterocycles. The summed E-state index contributed by atoms with van der Waals surface area (Å²) in [5.74, 6) is 0.588. The minimum absolute atomic E-state index is 0.181. The lowest BCUT2D eigenvalue weighted by Gasteiger charge is -2.24. The van der Waals surface area contributed by atoms with Crippen molar-refractivity contribution < 1.29 is 9.90 Å². The number of aromatic nitrogens is 1. The van der Waals surface area contributed by atoms with Crippen LogP contribution in [0, 0.1) is 11.8 Å². The molecule has 0 aromatic carbocycles. The summed E-state index contributed by atoms with van der Waals surface area (Å²) in [5.41, 5.74) is 5.80. The van der Waals surface area contributed by atoms with Crippen LogP contribution in [-0.2, 0) is 4.79 Å². The highest BCUT2D eigenvalue weighted by Crippen LogP contribution is 2.28. The molecule has 0 bridgehead atoms. The van der Waals surface area contributed by atoms with Gasteiger partial charge in [0.05, 0.1) is 5.92 Å². The maximum atomic E-state index is 10.9. The lowest BCUT2D eigenvalue weighted by Crippen LogP contribution is -2.26. The minimum Gasteiger partial charge on any atom is -0.481 e. The molecular weight excluding hydrogens is 256 g/mol. The number of carbonyl (C=O) groups is 1. The highest BCUT2D eigenvalue weighted by molar-refractivity contribution is 5.91. The number of hydrogen-bond acceptors (Lipinski definition) is 3. The van der Waals surface area contributed by atoms with Gasteiger partial charge in [-0.05, 0) is 43.7 Å². The van der Waals surface area contributed by atoms with Crippen molar-refractivity contribution >= 4 is 17.7 Å². The van der Waals surface area contributed by atoms with Gasteiger partial charge in [0.25, 0.3) is 0 Å². The zero-order valence-corrected chi connectivity index (χ0v) is 11.3. The predicted octanol–water partition coefficient (Wildman–Crippen LogP) is 1.70. The van der Waals surface area contributed by atoms with Crippen molar-refractivity contribution in [2.45, 2.75) is 25.7 Å². The first kappa shape index (κ1) is 14.3. The van der Waals surface area contributed by atoms with Crippen LogP contribution in [0.15, 0.2) is 29.4 Å². The largest absolute Gasteiger partial charge is 0.481 e. The molecule has 20 heavy (non-hydrogen) atoms. The highest BCUT2D eigenvalue weighted by atomic mass is 16.4. The smallest absolute Gasteiger partial charge is 0.306 e. The van der Waals surface area contributed by atoms with Gasteiger partial charge in [0.15, 0.2) is 5.96 Å². The molecule has 0 atom stereocenters. The quantitative estimate of drug-likeness (QED) is 0.574. The van der Waals surface area contributed by atoms with Gasteiger partial charge in [-0.1, -0.05) is 6.07 Å². The highest BCUT2D eigenvalue weighted by Gasteiger charge is 2.25. The Balaban J connectivity index is 1.77. The van der Waals surface area contributed by atoms with Crippen LogP contribution in [0.1, 0.15) is 25.7 Å². The number of nitrogens with zero attached hydrogens (tertiary/aromatic N) is 2. The Morgan fingerprint density at radius 2 is 2.15 bits per heavy atom. The van der Waals surface area contributed by atoms with Gasteiger partial charge in [0, 0.05) is 12.7 Å². The van der Waals surface area contributed by atoms with Gasteiger partial charge in [0.1, 0.15) is 5.82 Å². The van der Waals surface area contributed by atoms with Gasteiger partial charge in [-0.3, -0.25) is 9.79 Å². The van der Waals surface area contributed by atoms with Crippen molar-refractivity contribution in [3.63, 3.8) is 0 Å². The second-order valence-corrected chi connectivity index (χ2v) is 5.12. The Morgan fingerprint density at radius 3 is 2.75 bits per heavy atom. The first-order valence-corrected chi connectivity index (χ1v) is 6.86. The Bertz CT molecular complexity index is 467. The zero-order valence-electron chi connectivity index (χ0n) is 11.3. The fourth-order valence-electron chi connectivity index (χ4n) is 2.43. The van der Waals surface area contributed by atoms with Gasteiger partial charge in [-0.25, -0.2) is 4.98 Å². The Morgan fingerprint density at radius 1 is 1.40 bits per heavy atom. The summed E-state index contributed by atoms with van der Waals surface area (Å²) in [6.45, 7) is 0.637. The molecule has 1 aliphatic carbocycles. The summed E-state index contributed by atoms with van der Waals surface area (Å²) in [5, 5.41) is 11.9. The fourth-order valence-corrected chi connectivity index (χ4v) is 2.43. The van der Waals surface area contributed by atoms with Crippen molar-refractivity contribution in [2.75, 3.05) is 11.9 Å². The zero-order chi connectivity index (χ0) is 14.4. The fraction of sp³-hybridized carbons (Fsp3) is 0.500. The molecule has 0 aliphatic heterocycles. The van der Waals surface area contributed by atoms with Crippen molar-refractivity contribution in [3.8, 4) is 0 Å². The Labute approximate surface area is 118 Å². The van der Waals surface area contributed by atoms with Crippen LogP contribution in [-0.4, -0.2) is 28.6 Å². The number of aliphatic carboxylic acids is 1. The van der Waals surface area contributed by atoms with Gasteiger partial charge in [0.2, 0.25) is 0 Å². The van der Waals surface area contributed by atoms with E-state index in [1.807, 2.05) is 18.2 Å². The normalized spacial score (nSPS) is 23.3. The van der Waals surface area contributed by atoms with E-state index in [2.05, 4.69) is 15.3 Å². The lowest BCUT2D eigenvalue weighted by atomic mass is 9.82. The van der Waals surface area contributed by atoms with E-state index < -0.39 is 5.97 Å². The van der Waals surface area contributed by atoms with E-state index in [-0.39, 0.29) is 5.92 Å². The van der Waals surface area contributed by atoms with E-state index in [0.717, 1.165) is 25.7 Å². The summed E-state index contributed by atoms with van der Waals surface area (Å²) in [6, 6.07) is 5.52. The molecule has 0 radical (unpaired) electrons. The van der Waals surface area contributed by atoms with Gasteiger partial charge in [-0.15, -0.1) is 0 Å². The predicted molar refractivity (Wildman–Crippen MR) is 77.4 cm³/mol. The maximum absolute atomic E-state index is 10.9. The topological polar surface area (TPSA) is 101 Å². The number of carboxylic acids is 1. The monoisotopic (exact) mass is 276 g/mol. The molecule has 6 nitrogen and oxygen atoms in total. The Kier molecular flexibility index (Phi) is 4.92. The van der Waals surface area contributed by atoms with Gasteiger partial charge < -0.3 is 16.2 Å².